The molecule has 0 spiro atoms. The van der Waals surface area contributed by atoms with Crippen LogP contribution < -0.4 is 0 Å². The number of aliphatic carboxylic acids is 1. The summed E-state index contributed by atoms with van der Waals surface area (Å²) in [6.07, 6.45) is 2.98. The van der Waals surface area contributed by atoms with Crippen LogP contribution in [0.3, 0.4) is 0 Å². The molecular weight excluding hydrogens is 230 g/mol. The summed E-state index contributed by atoms with van der Waals surface area (Å²) >= 11 is 0. The molecule has 1 N–H and O–H groups in total. The number of carbonyl (C=O) groups is 1. The first-order valence-corrected chi connectivity index (χ1v) is 5.69. The van der Waals surface area contributed by atoms with Gasteiger partial charge in [0.2, 0.25) is 0 Å². The zero-order chi connectivity index (χ0) is 11.3. The molecule has 16 heavy (non-hydrogen) atoms. The van der Waals surface area contributed by atoms with Crippen LogP contribution in [0, 0.1) is 0 Å². The summed E-state index contributed by atoms with van der Waals surface area (Å²) < 4.78 is 5.42. The first kappa shape index (κ1) is 15.7. The van der Waals surface area contributed by atoms with Gasteiger partial charge in [0, 0.05) is 13.2 Å². The van der Waals surface area contributed by atoms with Crippen LogP contribution in [0.5, 0.6) is 0 Å². The molecule has 1 heterocycles. The zero-order valence-electron chi connectivity index (χ0n) is 10.0. The Balaban J connectivity index is 0.00000225. The minimum Gasteiger partial charge on any atom is -0.480 e. The quantitative estimate of drug-likeness (QED) is 0.731. The molecule has 1 aliphatic heterocycles. The number of halogens is 1. The summed E-state index contributed by atoms with van der Waals surface area (Å²) in [5.74, 6) is -0.683. The fraction of sp³-hybridized carbons (Fsp3) is 0.909. The van der Waals surface area contributed by atoms with E-state index in [0.717, 1.165) is 39.0 Å². The van der Waals surface area contributed by atoms with Gasteiger partial charge in [0.1, 0.15) is 6.04 Å². The molecule has 1 atom stereocenters. The minimum absolute atomic E-state index is 0. The molecule has 0 radical (unpaired) electrons. The van der Waals surface area contributed by atoms with E-state index in [1.54, 1.807) is 0 Å². The predicted molar refractivity (Wildman–Crippen MR) is 65.2 cm³/mol. The largest absolute Gasteiger partial charge is 0.480 e. The van der Waals surface area contributed by atoms with Gasteiger partial charge in [-0.2, -0.15) is 0 Å². The van der Waals surface area contributed by atoms with Gasteiger partial charge in [-0.15, -0.1) is 12.4 Å². The second-order valence-corrected chi connectivity index (χ2v) is 4.31. The standard InChI is InChI=1S/C11H21NO3.ClH/c1-9(2)15-8-4-7-12-6-3-5-10(12)11(13)14;/h9-10H,3-8H2,1-2H3,(H,13,14);1H. The molecule has 1 unspecified atom stereocenters. The predicted octanol–water partition coefficient (Wildman–Crippen LogP) is 1.77. The van der Waals surface area contributed by atoms with Crippen LogP contribution in [0.2, 0.25) is 0 Å². The molecule has 0 aliphatic carbocycles. The molecule has 1 aliphatic rings. The summed E-state index contributed by atoms with van der Waals surface area (Å²) in [7, 11) is 0. The topological polar surface area (TPSA) is 49.8 Å². The summed E-state index contributed by atoms with van der Waals surface area (Å²) in [5, 5.41) is 8.96. The normalized spacial score (nSPS) is 21.1. The molecule has 96 valence electrons. The number of hydrogen-bond acceptors (Lipinski definition) is 3. The Morgan fingerprint density at radius 2 is 2.25 bits per heavy atom. The second kappa shape index (κ2) is 7.87. The Bertz CT molecular complexity index is 211. The van der Waals surface area contributed by atoms with Gasteiger partial charge in [-0.05, 0) is 39.7 Å². The van der Waals surface area contributed by atoms with Gasteiger partial charge in [0.15, 0.2) is 0 Å². The monoisotopic (exact) mass is 251 g/mol. The number of carboxylic acid groups (broad SMARTS) is 1. The van der Waals surface area contributed by atoms with Crippen molar-refractivity contribution in [2.75, 3.05) is 19.7 Å². The van der Waals surface area contributed by atoms with Crippen LogP contribution in [0.25, 0.3) is 0 Å². The Morgan fingerprint density at radius 3 is 2.81 bits per heavy atom. The average Bonchev–Trinajstić information content (AvgIpc) is 2.60. The lowest BCUT2D eigenvalue weighted by Gasteiger charge is -2.20. The highest BCUT2D eigenvalue weighted by Crippen LogP contribution is 2.17. The Morgan fingerprint density at radius 1 is 1.56 bits per heavy atom. The van der Waals surface area contributed by atoms with E-state index in [1.165, 1.54) is 0 Å². The SMILES string of the molecule is CC(C)OCCCN1CCCC1C(=O)O.Cl. The van der Waals surface area contributed by atoms with Crippen LogP contribution >= 0.6 is 12.4 Å². The number of carboxylic acids is 1. The van der Waals surface area contributed by atoms with Crippen LogP contribution in [0.1, 0.15) is 33.1 Å². The maximum atomic E-state index is 10.9. The van der Waals surface area contributed by atoms with E-state index < -0.39 is 5.97 Å². The third-order valence-corrected chi connectivity index (χ3v) is 2.69. The molecule has 0 amide bonds. The van der Waals surface area contributed by atoms with Gasteiger partial charge in [-0.1, -0.05) is 0 Å². The summed E-state index contributed by atoms with van der Waals surface area (Å²) in [4.78, 5) is 12.9. The zero-order valence-corrected chi connectivity index (χ0v) is 10.8. The van der Waals surface area contributed by atoms with Crippen molar-refractivity contribution in [3.05, 3.63) is 0 Å². The van der Waals surface area contributed by atoms with E-state index in [2.05, 4.69) is 0 Å². The van der Waals surface area contributed by atoms with Crippen LogP contribution in [-0.4, -0.2) is 47.8 Å². The molecule has 0 aromatic carbocycles. The average molecular weight is 252 g/mol. The van der Waals surface area contributed by atoms with Crippen molar-refractivity contribution in [2.24, 2.45) is 0 Å². The lowest BCUT2D eigenvalue weighted by atomic mass is 10.2. The molecule has 4 nitrogen and oxygen atoms in total. The molecule has 0 saturated carbocycles. The number of nitrogens with zero attached hydrogens (tertiary/aromatic N) is 1. The van der Waals surface area contributed by atoms with E-state index in [-0.39, 0.29) is 24.6 Å². The molecule has 1 saturated heterocycles. The van der Waals surface area contributed by atoms with Crippen LogP contribution in [0.15, 0.2) is 0 Å². The second-order valence-electron chi connectivity index (χ2n) is 4.31. The minimum atomic E-state index is -0.683. The van der Waals surface area contributed by atoms with Crippen molar-refractivity contribution in [1.29, 1.82) is 0 Å². The van der Waals surface area contributed by atoms with Crippen molar-refractivity contribution < 1.29 is 14.6 Å². The Kier molecular flexibility index (Phi) is 7.72. The summed E-state index contributed by atoms with van der Waals surface area (Å²) in [6.45, 7) is 6.49. The molecule has 0 aromatic heterocycles. The van der Waals surface area contributed by atoms with Crippen molar-refractivity contribution in [3.8, 4) is 0 Å². The molecule has 1 fully saturated rings. The first-order chi connectivity index (χ1) is 7.11. The highest BCUT2D eigenvalue weighted by atomic mass is 35.5. The molecule has 5 heteroatoms. The van der Waals surface area contributed by atoms with E-state index in [4.69, 9.17) is 9.84 Å². The number of ether oxygens (including phenoxy) is 1. The van der Waals surface area contributed by atoms with Gasteiger partial charge >= 0.3 is 5.97 Å². The number of rotatable bonds is 6. The Hall–Kier alpha value is -0.320. The highest BCUT2D eigenvalue weighted by Gasteiger charge is 2.29. The maximum Gasteiger partial charge on any atom is 0.320 e. The van der Waals surface area contributed by atoms with Crippen LogP contribution in [0.4, 0.5) is 0 Å². The smallest absolute Gasteiger partial charge is 0.320 e. The van der Waals surface area contributed by atoms with E-state index in [9.17, 15) is 4.79 Å². The molecule has 0 bridgehead atoms. The van der Waals surface area contributed by atoms with Crippen molar-refractivity contribution in [2.45, 2.75) is 45.3 Å². The van der Waals surface area contributed by atoms with Crippen molar-refractivity contribution in [3.63, 3.8) is 0 Å². The van der Waals surface area contributed by atoms with Gasteiger partial charge in [-0.3, -0.25) is 9.69 Å². The van der Waals surface area contributed by atoms with Crippen molar-refractivity contribution in [1.82, 2.24) is 4.90 Å². The fourth-order valence-corrected chi connectivity index (χ4v) is 1.96. The van der Waals surface area contributed by atoms with Gasteiger partial charge < -0.3 is 9.84 Å². The summed E-state index contributed by atoms with van der Waals surface area (Å²) in [5.41, 5.74) is 0. The lowest BCUT2D eigenvalue weighted by Crippen LogP contribution is -2.36. The van der Waals surface area contributed by atoms with Crippen LogP contribution in [-0.2, 0) is 9.53 Å². The number of hydrogen-bond donors (Lipinski definition) is 1. The molecular formula is C11H22ClNO3. The fourth-order valence-electron chi connectivity index (χ4n) is 1.96. The summed E-state index contributed by atoms with van der Waals surface area (Å²) in [6, 6.07) is -0.260. The van der Waals surface area contributed by atoms with Crippen molar-refractivity contribution >= 4 is 18.4 Å². The third kappa shape index (κ3) is 5.14. The third-order valence-electron chi connectivity index (χ3n) is 2.69. The first-order valence-electron chi connectivity index (χ1n) is 5.69. The molecule has 1 rings (SSSR count). The van der Waals surface area contributed by atoms with Gasteiger partial charge in [0.25, 0.3) is 0 Å². The van der Waals surface area contributed by atoms with E-state index >= 15 is 0 Å². The van der Waals surface area contributed by atoms with Gasteiger partial charge in [-0.25, -0.2) is 0 Å². The van der Waals surface area contributed by atoms with E-state index in [0.29, 0.717) is 0 Å². The lowest BCUT2D eigenvalue weighted by molar-refractivity contribution is -0.142. The van der Waals surface area contributed by atoms with E-state index in [1.807, 2.05) is 18.7 Å². The molecule has 0 aromatic rings. The maximum absolute atomic E-state index is 10.9. The number of likely N-dealkylation sites (tertiary alicyclic amines) is 1. The Labute approximate surface area is 103 Å². The highest BCUT2D eigenvalue weighted by molar-refractivity contribution is 5.85. The van der Waals surface area contributed by atoms with Gasteiger partial charge in [0.05, 0.1) is 6.10 Å².